The minimum absolute atomic E-state index is 0.357. The van der Waals surface area contributed by atoms with Gasteiger partial charge < -0.3 is 10.4 Å². The van der Waals surface area contributed by atoms with E-state index in [1.165, 1.54) is 5.56 Å². The summed E-state index contributed by atoms with van der Waals surface area (Å²) >= 11 is 1.72. The highest BCUT2D eigenvalue weighted by atomic mass is 32.1. The molecule has 0 saturated carbocycles. The summed E-state index contributed by atoms with van der Waals surface area (Å²) < 4.78 is 0. The summed E-state index contributed by atoms with van der Waals surface area (Å²) in [6.45, 7) is 2.70. The van der Waals surface area contributed by atoms with Gasteiger partial charge in [-0.05, 0) is 53.4 Å². The number of nitrogens with zero attached hydrogens (tertiary/aromatic N) is 1. The second-order valence-electron chi connectivity index (χ2n) is 4.44. The van der Waals surface area contributed by atoms with Crippen LogP contribution in [0.3, 0.4) is 0 Å². The van der Waals surface area contributed by atoms with Crippen molar-refractivity contribution in [2.45, 2.75) is 25.5 Å². The fraction of sp³-hybridized carbons (Fsp3) is 0.357. The lowest BCUT2D eigenvalue weighted by molar-refractivity contribution is 0.170. The van der Waals surface area contributed by atoms with Crippen molar-refractivity contribution in [2.75, 3.05) is 6.54 Å². The average Bonchev–Trinajstić information content (AvgIpc) is 2.90. The smallest absolute Gasteiger partial charge is 0.0915 e. The molecule has 2 atom stereocenters. The van der Waals surface area contributed by atoms with Crippen LogP contribution in [-0.4, -0.2) is 22.7 Å². The Morgan fingerprint density at radius 1 is 1.33 bits per heavy atom. The highest BCUT2D eigenvalue weighted by Crippen LogP contribution is 2.11. The molecule has 0 aliphatic carbocycles. The van der Waals surface area contributed by atoms with Crippen LogP contribution in [0, 0.1) is 0 Å². The van der Waals surface area contributed by atoms with Gasteiger partial charge in [0.1, 0.15) is 0 Å². The van der Waals surface area contributed by atoms with Crippen LogP contribution in [-0.2, 0) is 6.42 Å². The van der Waals surface area contributed by atoms with Crippen molar-refractivity contribution >= 4 is 11.3 Å². The molecule has 3 nitrogen and oxygen atoms in total. The Bertz CT molecular complexity index is 444. The van der Waals surface area contributed by atoms with Gasteiger partial charge in [-0.3, -0.25) is 4.98 Å². The lowest BCUT2D eigenvalue weighted by Crippen LogP contribution is -2.31. The van der Waals surface area contributed by atoms with Gasteiger partial charge in [0.25, 0.3) is 0 Å². The normalized spacial score (nSPS) is 14.3. The van der Waals surface area contributed by atoms with Gasteiger partial charge in [0.2, 0.25) is 0 Å². The third-order valence-corrected chi connectivity index (χ3v) is 3.60. The standard InChI is InChI=1S/C14H18N2OS/c1-11(8-12-4-7-18-10-12)16-9-14(17)13-2-5-15-6-3-13/h2-7,10-11,14,16-17H,8-9H2,1H3. The van der Waals surface area contributed by atoms with Gasteiger partial charge in [-0.25, -0.2) is 0 Å². The maximum Gasteiger partial charge on any atom is 0.0915 e. The van der Waals surface area contributed by atoms with Gasteiger partial charge in [-0.2, -0.15) is 11.3 Å². The van der Waals surface area contributed by atoms with Gasteiger partial charge in [0.15, 0.2) is 0 Å². The van der Waals surface area contributed by atoms with Gasteiger partial charge in [-0.1, -0.05) is 0 Å². The fourth-order valence-electron chi connectivity index (χ4n) is 1.85. The molecular formula is C14H18N2OS. The van der Waals surface area contributed by atoms with Gasteiger partial charge in [0.05, 0.1) is 6.10 Å². The quantitative estimate of drug-likeness (QED) is 0.840. The lowest BCUT2D eigenvalue weighted by atomic mass is 10.1. The molecule has 0 radical (unpaired) electrons. The first kappa shape index (κ1) is 13.2. The van der Waals surface area contributed by atoms with Gasteiger partial charge in [0, 0.05) is 25.0 Å². The molecule has 0 aliphatic rings. The first-order chi connectivity index (χ1) is 8.75. The minimum Gasteiger partial charge on any atom is -0.387 e. The number of hydrogen-bond donors (Lipinski definition) is 2. The highest BCUT2D eigenvalue weighted by molar-refractivity contribution is 7.07. The molecule has 0 aromatic carbocycles. The second-order valence-corrected chi connectivity index (χ2v) is 5.22. The Morgan fingerprint density at radius 3 is 2.78 bits per heavy atom. The van der Waals surface area contributed by atoms with Crippen LogP contribution in [0.1, 0.15) is 24.2 Å². The van der Waals surface area contributed by atoms with Crippen LogP contribution in [0.2, 0.25) is 0 Å². The van der Waals surface area contributed by atoms with E-state index < -0.39 is 6.10 Å². The molecule has 2 rings (SSSR count). The van der Waals surface area contributed by atoms with Crippen LogP contribution >= 0.6 is 11.3 Å². The van der Waals surface area contributed by atoms with Crippen LogP contribution in [0.15, 0.2) is 41.4 Å². The molecule has 18 heavy (non-hydrogen) atoms. The Morgan fingerprint density at radius 2 is 2.11 bits per heavy atom. The monoisotopic (exact) mass is 262 g/mol. The molecule has 2 heterocycles. The SMILES string of the molecule is CC(Cc1ccsc1)NCC(O)c1ccncc1. The maximum atomic E-state index is 10.0. The summed E-state index contributed by atoms with van der Waals surface area (Å²) in [7, 11) is 0. The van der Waals surface area contributed by atoms with Crippen molar-refractivity contribution in [3.05, 3.63) is 52.5 Å². The summed E-state index contributed by atoms with van der Waals surface area (Å²) in [5.41, 5.74) is 2.25. The molecule has 2 N–H and O–H groups in total. The second kappa shape index (κ2) is 6.64. The third-order valence-electron chi connectivity index (χ3n) is 2.87. The van der Waals surface area contributed by atoms with E-state index in [4.69, 9.17) is 0 Å². The predicted octanol–water partition coefficient (Wildman–Crippen LogP) is 2.40. The number of pyridine rings is 1. The number of aliphatic hydroxyl groups excluding tert-OH is 1. The zero-order valence-electron chi connectivity index (χ0n) is 10.4. The Kier molecular flexibility index (Phi) is 4.87. The molecule has 2 aromatic heterocycles. The first-order valence-corrected chi connectivity index (χ1v) is 7.02. The van der Waals surface area contributed by atoms with Crippen molar-refractivity contribution in [3.63, 3.8) is 0 Å². The molecule has 0 spiro atoms. The zero-order chi connectivity index (χ0) is 12.8. The largest absolute Gasteiger partial charge is 0.387 e. The minimum atomic E-state index is -0.474. The van der Waals surface area contributed by atoms with E-state index in [-0.39, 0.29) is 0 Å². The van der Waals surface area contributed by atoms with Crippen molar-refractivity contribution in [3.8, 4) is 0 Å². The number of nitrogens with one attached hydrogen (secondary N) is 1. The van der Waals surface area contributed by atoms with E-state index in [0.717, 1.165) is 12.0 Å². The van der Waals surface area contributed by atoms with Crippen LogP contribution in [0.5, 0.6) is 0 Å². The van der Waals surface area contributed by atoms with E-state index in [1.54, 1.807) is 23.7 Å². The van der Waals surface area contributed by atoms with E-state index in [1.807, 2.05) is 12.1 Å². The van der Waals surface area contributed by atoms with E-state index in [9.17, 15) is 5.11 Å². The summed E-state index contributed by atoms with van der Waals surface area (Å²) in [6.07, 6.45) is 3.92. The first-order valence-electron chi connectivity index (χ1n) is 6.08. The summed E-state index contributed by atoms with van der Waals surface area (Å²) in [5.74, 6) is 0. The summed E-state index contributed by atoms with van der Waals surface area (Å²) in [5, 5.41) is 17.6. The Balaban J connectivity index is 1.77. The highest BCUT2D eigenvalue weighted by Gasteiger charge is 2.09. The summed E-state index contributed by atoms with van der Waals surface area (Å²) in [4.78, 5) is 3.94. The molecule has 0 fully saturated rings. The van der Waals surface area contributed by atoms with Crippen molar-refractivity contribution in [1.82, 2.24) is 10.3 Å². The molecular weight excluding hydrogens is 244 g/mol. The Hall–Kier alpha value is -1.23. The fourth-order valence-corrected chi connectivity index (χ4v) is 2.53. The summed E-state index contributed by atoms with van der Waals surface area (Å²) in [6, 6.07) is 6.18. The molecule has 0 amide bonds. The van der Waals surface area contributed by atoms with Gasteiger partial charge >= 0.3 is 0 Å². The maximum absolute atomic E-state index is 10.0. The average molecular weight is 262 g/mol. The molecule has 2 unspecified atom stereocenters. The molecule has 96 valence electrons. The number of aromatic nitrogens is 1. The topological polar surface area (TPSA) is 45.1 Å². The van der Waals surface area contributed by atoms with Crippen molar-refractivity contribution < 1.29 is 5.11 Å². The van der Waals surface area contributed by atoms with Crippen LogP contribution < -0.4 is 5.32 Å². The van der Waals surface area contributed by atoms with E-state index >= 15 is 0 Å². The predicted molar refractivity (Wildman–Crippen MR) is 74.7 cm³/mol. The van der Waals surface area contributed by atoms with E-state index in [0.29, 0.717) is 12.6 Å². The van der Waals surface area contributed by atoms with Crippen LogP contribution in [0.4, 0.5) is 0 Å². The van der Waals surface area contributed by atoms with Gasteiger partial charge in [-0.15, -0.1) is 0 Å². The lowest BCUT2D eigenvalue weighted by Gasteiger charge is -2.17. The molecule has 2 aromatic rings. The van der Waals surface area contributed by atoms with Crippen molar-refractivity contribution in [2.24, 2.45) is 0 Å². The number of rotatable bonds is 6. The molecule has 0 saturated heterocycles. The number of thiophene rings is 1. The number of hydrogen-bond acceptors (Lipinski definition) is 4. The van der Waals surface area contributed by atoms with E-state index in [2.05, 4.69) is 34.1 Å². The number of aliphatic hydroxyl groups is 1. The third kappa shape index (κ3) is 3.91. The van der Waals surface area contributed by atoms with Crippen molar-refractivity contribution in [1.29, 1.82) is 0 Å². The van der Waals surface area contributed by atoms with Crippen LogP contribution in [0.25, 0.3) is 0 Å². The molecule has 0 aliphatic heterocycles. The molecule has 4 heteroatoms. The molecule has 0 bridgehead atoms. The Labute approximate surface area is 112 Å². The zero-order valence-corrected chi connectivity index (χ0v) is 11.2.